The Morgan fingerprint density at radius 2 is 1.62 bits per heavy atom. The average Bonchev–Trinajstić information content (AvgIpc) is 2.50. The molecule has 116 valence electrons. The molecule has 0 aromatic heterocycles. The number of hydrogen-bond donors (Lipinski definition) is 0. The molecule has 3 heteroatoms. The number of allylic oxidation sites excluding steroid dienone is 1. The Bertz CT molecular complexity index is 460. The van der Waals surface area contributed by atoms with Crippen molar-refractivity contribution in [2.75, 3.05) is 0 Å². The average molecular weight is 296 g/mol. The van der Waals surface area contributed by atoms with Crippen LogP contribution in [0.5, 0.6) is 0 Å². The smallest absolute Gasteiger partial charge is 0.159 e. The Kier molecular flexibility index (Phi) is 6.34. The van der Waals surface area contributed by atoms with E-state index in [0.29, 0.717) is 12.2 Å². The van der Waals surface area contributed by atoms with E-state index in [9.17, 15) is 13.2 Å². The predicted molar refractivity (Wildman–Crippen MR) is 79.6 cm³/mol. The maximum absolute atomic E-state index is 13.1. The lowest BCUT2D eigenvalue weighted by Gasteiger charge is -2.28. The summed E-state index contributed by atoms with van der Waals surface area (Å²) in [5, 5.41) is 0. The van der Waals surface area contributed by atoms with Gasteiger partial charge in [0.25, 0.3) is 0 Å². The van der Waals surface area contributed by atoms with Crippen molar-refractivity contribution in [3.63, 3.8) is 0 Å². The standard InChI is InChI=1S/C18H23F3/c19-12-2-1-3-14-4-6-15(7-5-14)8-9-16-10-11-17(20)18(21)13-16/h2,10-15H,1,3-9H2/t14-,15-. The molecule has 0 N–H and O–H groups in total. The summed E-state index contributed by atoms with van der Waals surface area (Å²) in [6.45, 7) is 0. The van der Waals surface area contributed by atoms with Gasteiger partial charge in [-0.2, -0.15) is 0 Å². The van der Waals surface area contributed by atoms with E-state index < -0.39 is 11.6 Å². The van der Waals surface area contributed by atoms with Crippen molar-refractivity contribution < 1.29 is 13.2 Å². The minimum absolute atomic E-state index is 0.632. The normalized spacial score (nSPS) is 22.8. The van der Waals surface area contributed by atoms with Gasteiger partial charge in [0, 0.05) is 0 Å². The molecule has 1 aromatic carbocycles. The second-order valence-electron chi connectivity index (χ2n) is 6.11. The van der Waals surface area contributed by atoms with Gasteiger partial charge in [-0.05, 0) is 55.2 Å². The van der Waals surface area contributed by atoms with E-state index >= 15 is 0 Å². The topological polar surface area (TPSA) is 0 Å². The van der Waals surface area contributed by atoms with Crippen molar-refractivity contribution in [2.45, 2.75) is 51.4 Å². The molecule has 0 saturated heterocycles. The number of rotatable bonds is 6. The molecule has 1 aliphatic carbocycles. The highest BCUT2D eigenvalue weighted by atomic mass is 19.2. The fourth-order valence-corrected chi connectivity index (χ4v) is 3.27. The Hall–Kier alpha value is -1.25. The summed E-state index contributed by atoms with van der Waals surface area (Å²) in [4.78, 5) is 0. The van der Waals surface area contributed by atoms with E-state index in [1.54, 1.807) is 12.1 Å². The first-order valence-corrected chi connectivity index (χ1v) is 7.88. The highest BCUT2D eigenvalue weighted by Gasteiger charge is 2.20. The summed E-state index contributed by atoms with van der Waals surface area (Å²) >= 11 is 0. The molecule has 0 atom stereocenters. The van der Waals surface area contributed by atoms with Crippen molar-refractivity contribution >= 4 is 0 Å². The van der Waals surface area contributed by atoms with Gasteiger partial charge in [-0.3, -0.25) is 0 Å². The first-order valence-electron chi connectivity index (χ1n) is 7.88. The van der Waals surface area contributed by atoms with Gasteiger partial charge in [0.1, 0.15) is 0 Å². The maximum Gasteiger partial charge on any atom is 0.159 e. The number of benzene rings is 1. The molecule has 0 unspecified atom stereocenters. The molecule has 0 radical (unpaired) electrons. The van der Waals surface area contributed by atoms with Gasteiger partial charge >= 0.3 is 0 Å². The summed E-state index contributed by atoms with van der Waals surface area (Å²) in [7, 11) is 0. The van der Waals surface area contributed by atoms with Crippen molar-refractivity contribution in [1.29, 1.82) is 0 Å². The lowest BCUT2D eigenvalue weighted by atomic mass is 9.78. The molecule has 1 fully saturated rings. The van der Waals surface area contributed by atoms with Crippen LogP contribution in [-0.2, 0) is 6.42 Å². The first kappa shape index (κ1) is 16.1. The van der Waals surface area contributed by atoms with Crippen molar-refractivity contribution in [2.24, 2.45) is 11.8 Å². The van der Waals surface area contributed by atoms with Gasteiger partial charge in [-0.25, -0.2) is 13.2 Å². The fourth-order valence-electron chi connectivity index (χ4n) is 3.27. The Morgan fingerprint density at radius 1 is 0.952 bits per heavy atom. The van der Waals surface area contributed by atoms with Gasteiger partial charge in [-0.1, -0.05) is 37.8 Å². The predicted octanol–water partition coefficient (Wildman–Crippen LogP) is 5.97. The second-order valence-corrected chi connectivity index (χ2v) is 6.11. The molecule has 21 heavy (non-hydrogen) atoms. The number of aryl methyl sites for hydroxylation is 1. The van der Waals surface area contributed by atoms with Gasteiger partial charge in [0.2, 0.25) is 0 Å². The summed E-state index contributed by atoms with van der Waals surface area (Å²) in [6.07, 6.45) is 10.8. The molecule has 2 rings (SSSR count). The van der Waals surface area contributed by atoms with Crippen LogP contribution in [0, 0.1) is 23.5 Å². The molecule has 1 aliphatic rings. The monoisotopic (exact) mass is 296 g/mol. The lowest BCUT2D eigenvalue weighted by molar-refractivity contribution is 0.254. The van der Waals surface area contributed by atoms with Crippen LogP contribution in [-0.4, -0.2) is 0 Å². The third-order valence-electron chi connectivity index (χ3n) is 4.62. The minimum Gasteiger partial charge on any atom is -0.216 e. The first-order chi connectivity index (χ1) is 10.2. The SMILES string of the molecule is FC=CCC[C@H]1CC[C@H](CCc2ccc(F)c(F)c2)CC1. The largest absolute Gasteiger partial charge is 0.216 e. The van der Waals surface area contributed by atoms with Crippen LogP contribution in [0.4, 0.5) is 13.2 Å². The van der Waals surface area contributed by atoms with E-state index in [4.69, 9.17) is 0 Å². The Labute approximate surface area is 125 Å². The highest BCUT2D eigenvalue weighted by Crippen LogP contribution is 2.34. The summed E-state index contributed by atoms with van der Waals surface area (Å²) in [5.41, 5.74) is 0.879. The van der Waals surface area contributed by atoms with E-state index in [-0.39, 0.29) is 0 Å². The second kappa shape index (κ2) is 8.26. The number of hydrogen-bond acceptors (Lipinski definition) is 0. The van der Waals surface area contributed by atoms with Gasteiger partial charge < -0.3 is 0 Å². The van der Waals surface area contributed by atoms with Gasteiger partial charge in [0.05, 0.1) is 6.33 Å². The number of halogens is 3. The van der Waals surface area contributed by atoms with Crippen LogP contribution in [0.1, 0.15) is 50.5 Å². The van der Waals surface area contributed by atoms with E-state index in [2.05, 4.69) is 0 Å². The molecular weight excluding hydrogens is 273 g/mol. The summed E-state index contributed by atoms with van der Waals surface area (Å²) < 4.78 is 37.9. The third-order valence-corrected chi connectivity index (χ3v) is 4.62. The van der Waals surface area contributed by atoms with E-state index in [0.717, 1.165) is 37.2 Å². The summed E-state index contributed by atoms with van der Waals surface area (Å²) in [6, 6.07) is 4.19. The van der Waals surface area contributed by atoms with Gasteiger partial charge in [-0.15, -0.1) is 0 Å². The zero-order valence-corrected chi connectivity index (χ0v) is 12.3. The maximum atomic E-state index is 13.1. The van der Waals surface area contributed by atoms with Crippen LogP contribution in [0.25, 0.3) is 0 Å². The van der Waals surface area contributed by atoms with Crippen molar-refractivity contribution in [3.8, 4) is 0 Å². The molecule has 0 nitrogen and oxygen atoms in total. The molecule has 0 heterocycles. The van der Waals surface area contributed by atoms with Crippen LogP contribution >= 0.6 is 0 Å². The van der Waals surface area contributed by atoms with Crippen LogP contribution in [0.15, 0.2) is 30.6 Å². The minimum atomic E-state index is -0.776. The zero-order valence-electron chi connectivity index (χ0n) is 12.3. The summed E-state index contributed by atoms with van der Waals surface area (Å²) in [5.74, 6) is -0.120. The van der Waals surface area contributed by atoms with Crippen LogP contribution in [0.3, 0.4) is 0 Å². The van der Waals surface area contributed by atoms with Crippen LogP contribution < -0.4 is 0 Å². The van der Waals surface area contributed by atoms with E-state index in [1.807, 2.05) is 0 Å². The zero-order chi connectivity index (χ0) is 15.1. The molecule has 0 amide bonds. The fraction of sp³-hybridized carbons (Fsp3) is 0.556. The molecule has 1 aromatic rings. The molecular formula is C18H23F3. The molecule has 0 bridgehead atoms. The highest BCUT2D eigenvalue weighted by molar-refractivity contribution is 5.17. The Morgan fingerprint density at radius 3 is 2.24 bits per heavy atom. The third kappa shape index (κ3) is 5.22. The van der Waals surface area contributed by atoms with Crippen molar-refractivity contribution in [1.82, 2.24) is 0 Å². The van der Waals surface area contributed by atoms with Crippen LogP contribution in [0.2, 0.25) is 0 Å². The molecule has 1 saturated carbocycles. The van der Waals surface area contributed by atoms with Gasteiger partial charge in [0.15, 0.2) is 11.6 Å². The van der Waals surface area contributed by atoms with Crippen molar-refractivity contribution in [3.05, 3.63) is 47.8 Å². The Balaban J connectivity index is 1.70. The quantitative estimate of drug-likeness (QED) is 0.607. The van der Waals surface area contributed by atoms with E-state index in [1.165, 1.54) is 37.8 Å². The lowest BCUT2D eigenvalue weighted by Crippen LogP contribution is -2.15. The molecule has 0 aliphatic heterocycles. The molecule has 0 spiro atoms.